The Morgan fingerprint density at radius 2 is 0.864 bits per heavy atom. The molecule has 2 heterocycles. The van der Waals surface area contributed by atoms with E-state index < -0.39 is 86.8 Å². The van der Waals surface area contributed by atoms with Crippen molar-refractivity contribution in [1.29, 1.82) is 0 Å². The quantitative estimate of drug-likeness (QED) is 0.0204. The molecule has 2 rings (SSSR count). The largest absolute Gasteiger partial charge is 0.394 e. The molecule has 9 N–H and O–H groups in total. The lowest BCUT2D eigenvalue weighted by Crippen LogP contribution is -2.65. The third kappa shape index (κ3) is 36.6. The highest BCUT2D eigenvalue weighted by molar-refractivity contribution is 5.76. The second-order valence-corrected chi connectivity index (χ2v) is 22.5. The van der Waals surface area contributed by atoms with Crippen molar-refractivity contribution in [3.63, 3.8) is 0 Å². The Kier molecular flexibility index (Phi) is 47.3. The second-order valence-electron chi connectivity index (χ2n) is 22.5. The first kappa shape index (κ1) is 74.3. The summed E-state index contributed by atoms with van der Waals surface area (Å²) in [7, 11) is 0. The second kappa shape index (κ2) is 51.6. The molecule has 0 aromatic heterocycles. The van der Waals surface area contributed by atoms with E-state index in [1.807, 2.05) is 6.08 Å². The minimum atomic E-state index is -1.79. The van der Waals surface area contributed by atoms with Crippen molar-refractivity contribution < 1.29 is 64.6 Å². The van der Waals surface area contributed by atoms with E-state index in [9.17, 15) is 45.6 Å². The van der Waals surface area contributed by atoms with Crippen LogP contribution < -0.4 is 5.32 Å². The van der Waals surface area contributed by atoms with Gasteiger partial charge in [0.1, 0.15) is 48.8 Å². The van der Waals surface area contributed by atoms with Crippen molar-refractivity contribution in [3.05, 3.63) is 85.1 Å². The van der Waals surface area contributed by atoms with Gasteiger partial charge in [0.2, 0.25) is 5.91 Å². The molecule has 2 aliphatic heterocycles. The molecule has 1 amide bonds. The third-order valence-electron chi connectivity index (χ3n) is 15.3. The molecule has 0 aromatic carbocycles. The SMILES string of the molecule is CC/C=C\C/C=C\C/C=C\C/C=C\CCCCCCCCCCCCCCCCCCCCCCCCC(=O)NC(COC1OC(CO)C(OC2OC(CO)C(O)C(O)C2O)C(O)C1O)C(O)/C=C/CC/C=C/CC/C=C/CCCC. The van der Waals surface area contributed by atoms with Crippen molar-refractivity contribution >= 4 is 5.91 Å². The average Bonchev–Trinajstić information content (AvgIpc) is 3.46. The number of unbranched alkanes of at least 4 members (excludes halogenated alkanes) is 26. The lowest BCUT2D eigenvalue weighted by Gasteiger charge is -2.46. The van der Waals surface area contributed by atoms with Crippen LogP contribution in [0.25, 0.3) is 0 Å². The van der Waals surface area contributed by atoms with Crippen LogP contribution in [0.4, 0.5) is 0 Å². The molecule has 0 aliphatic carbocycles. The van der Waals surface area contributed by atoms with Crippen LogP contribution >= 0.6 is 0 Å². The molecule has 0 bridgehead atoms. The molecule has 2 saturated heterocycles. The Morgan fingerprint density at radius 3 is 1.36 bits per heavy atom. The van der Waals surface area contributed by atoms with Gasteiger partial charge in [-0.2, -0.15) is 0 Å². The summed E-state index contributed by atoms with van der Waals surface area (Å²) in [6, 6.07) is -0.939. The van der Waals surface area contributed by atoms with Gasteiger partial charge in [0, 0.05) is 6.42 Å². The topological polar surface area (TPSA) is 228 Å². The van der Waals surface area contributed by atoms with Gasteiger partial charge >= 0.3 is 0 Å². The summed E-state index contributed by atoms with van der Waals surface area (Å²) < 4.78 is 22.7. The summed E-state index contributed by atoms with van der Waals surface area (Å²) in [5.41, 5.74) is 0. The zero-order chi connectivity index (χ0) is 58.8. The summed E-state index contributed by atoms with van der Waals surface area (Å²) >= 11 is 0. The summed E-state index contributed by atoms with van der Waals surface area (Å²) in [5, 5.41) is 87.0. The Labute approximate surface area is 491 Å². The molecule has 12 unspecified atom stereocenters. The van der Waals surface area contributed by atoms with Crippen molar-refractivity contribution in [2.75, 3.05) is 19.8 Å². The van der Waals surface area contributed by atoms with Gasteiger partial charge in [-0.05, 0) is 77.0 Å². The summed E-state index contributed by atoms with van der Waals surface area (Å²) in [4.78, 5) is 13.3. The van der Waals surface area contributed by atoms with Crippen molar-refractivity contribution in [2.24, 2.45) is 0 Å². The highest BCUT2D eigenvalue weighted by Crippen LogP contribution is 2.30. The number of amides is 1. The standard InChI is InChI=1S/C67H117NO13/c1-3-5-7-9-11-13-15-17-18-19-20-21-22-23-24-25-26-27-28-29-30-31-32-33-34-35-36-37-38-39-41-43-45-47-49-51-59(72)68-55(56(71)50-48-46-44-42-40-16-14-12-10-8-6-4-2)54-78-66-64(77)62(75)65(58(53-70)80-66)81-67-63(76)61(74)60(73)57(52-69)79-67/h5,7,10-13,17-18,20-21,40,42,48,50,55-58,60-67,69-71,73-77H,3-4,6,8-9,14-16,19,22-39,41,43-47,49,51-54H2,1-2H3,(H,68,72)/b7-5-,12-10+,13-11-,18-17-,21-20-,42-40+,50-48+. The fourth-order valence-corrected chi connectivity index (χ4v) is 10.1. The highest BCUT2D eigenvalue weighted by atomic mass is 16.7. The first-order valence-electron chi connectivity index (χ1n) is 32.3. The Balaban J connectivity index is 1.60. The number of carbonyl (C=O) groups excluding carboxylic acids is 1. The van der Waals surface area contributed by atoms with Gasteiger partial charge < -0.3 is 65.1 Å². The maximum atomic E-state index is 13.3. The van der Waals surface area contributed by atoms with E-state index in [0.717, 1.165) is 70.6 Å². The fourth-order valence-electron chi connectivity index (χ4n) is 10.1. The minimum Gasteiger partial charge on any atom is -0.394 e. The molecular weight excluding hydrogens is 1030 g/mol. The monoisotopic (exact) mass is 1140 g/mol. The lowest BCUT2D eigenvalue weighted by atomic mass is 9.97. The van der Waals surface area contributed by atoms with Crippen LogP contribution in [0.5, 0.6) is 0 Å². The van der Waals surface area contributed by atoms with Gasteiger partial charge in [0.05, 0.1) is 32.0 Å². The first-order chi connectivity index (χ1) is 39.6. The molecule has 0 radical (unpaired) electrons. The van der Waals surface area contributed by atoms with Crippen LogP contribution in [0.2, 0.25) is 0 Å². The predicted octanol–water partition coefficient (Wildman–Crippen LogP) is 12.1. The number of aliphatic hydroxyl groups excluding tert-OH is 8. The van der Waals surface area contributed by atoms with Crippen molar-refractivity contribution in [2.45, 2.75) is 312 Å². The molecule has 81 heavy (non-hydrogen) atoms. The van der Waals surface area contributed by atoms with E-state index in [1.54, 1.807) is 6.08 Å². The van der Waals surface area contributed by atoms with Gasteiger partial charge in [-0.15, -0.1) is 0 Å². The molecule has 14 nitrogen and oxygen atoms in total. The van der Waals surface area contributed by atoms with Gasteiger partial charge in [-0.25, -0.2) is 0 Å². The molecular formula is C67H117NO13. The number of aliphatic hydroxyl groups is 8. The van der Waals surface area contributed by atoms with Crippen molar-refractivity contribution in [3.8, 4) is 0 Å². The number of carbonyl (C=O) groups is 1. The van der Waals surface area contributed by atoms with Crippen molar-refractivity contribution in [1.82, 2.24) is 5.32 Å². The number of rotatable bonds is 51. The maximum Gasteiger partial charge on any atom is 0.220 e. The highest BCUT2D eigenvalue weighted by Gasteiger charge is 2.51. The zero-order valence-electron chi connectivity index (χ0n) is 50.5. The van der Waals surface area contributed by atoms with E-state index in [4.69, 9.17) is 18.9 Å². The normalized spacial score (nSPS) is 24.7. The Bertz CT molecular complexity index is 1680. The number of ether oxygens (including phenoxy) is 4. The fraction of sp³-hybridized carbons (Fsp3) is 0.776. The number of nitrogens with one attached hydrogen (secondary N) is 1. The third-order valence-corrected chi connectivity index (χ3v) is 15.3. The van der Waals surface area contributed by atoms with Gasteiger partial charge in [0.15, 0.2) is 12.6 Å². The molecule has 14 heteroatoms. The number of allylic oxidation sites excluding steroid dienone is 13. The molecule has 2 aliphatic rings. The maximum absolute atomic E-state index is 13.3. The van der Waals surface area contributed by atoms with Crippen LogP contribution in [-0.4, -0.2) is 140 Å². The smallest absolute Gasteiger partial charge is 0.220 e. The summed E-state index contributed by atoms with van der Waals surface area (Å²) in [5.74, 6) is -0.254. The van der Waals surface area contributed by atoms with Gasteiger partial charge in [-0.3, -0.25) is 4.79 Å². The molecule has 468 valence electrons. The van der Waals surface area contributed by atoms with Gasteiger partial charge in [0.25, 0.3) is 0 Å². The van der Waals surface area contributed by atoms with Gasteiger partial charge in [-0.1, -0.05) is 240 Å². The first-order valence-corrected chi connectivity index (χ1v) is 32.3. The Morgan fingerprint density at radius 1 is 0.457 bits per heavy atom. The molecule has 0 saturated carbocycles. The van der Waals surface area contributed by atoms with Crippen LogP contribution in [0.1, 0.15) is 239 Å². The number of hydrogen-bond acceptors (Lipinski definition) is 13. The molecule has 2 fully saturated rings. The lowest BCUT2D eigenvalue weighted by molar-refractivity contribution is -0.359. The van der Waals surface area contributed by atoms with E-state index in [0.29, 0.717) is 12.8 Å². The van der Waals surface area contributed by atoms with E-state index in [2.05, 4.69) is 92.1 Å². The van der Waals surface area contributed by atoms with E-state index in [1.165, 1.54) is 135 Å². The van der Waals surface area contributed by atoms with Crippen LogP contribution in [-0.2, 0) is 23.7 Å². The van der Waals surface area contributed by atoms with Crippen LogP contribution in [0, 0.1) is 0 Å². The predicted molar refractivity (Wildman–Crippen MR) is 327 cm³/mol. The van der Waals surface area contributed by atoms with E-state index in [-0.39, 0.29) is 18.9 Å². The van der Waals surface area contributed by atoms with Crippen LogP contribution in [0.3, 0.4) is 0 Å². The molecule has 12 atom stereocenters. The molecule has 0 spiro atoms. The average molecular weight is 1140 g/mol. The molecule has 0 aromatic rings. The Hall–Kier alpha value is -2.83. The van der Waals surface area contributed by atoms with Crippen LogP contribution in [0.15, 0.2) is 85.1 Å². The van der Waals surface area contributed by atoms with E-state index >= 15 is 0 Å². The zero-order valence-corrected chi connectivity index (χ0v) is 50.5. The summed E-state index contributed by atoms with van der Waals surface area (Å²) in [6.45, 7) is 2.61. The summed E-state index contributed by atoms with van der Waals surface area (Å²) in [6.07, 6.45) is 53.8. The minimum absolute atomic E-state index is 0.254. The number of hydrogen-bond donors (Lipinski definition) is 9.